The van der Waals surface area contributed by atoms with Crippen LogP contribution in [0.1, 0.15) is 39.0 Å². The monoisotopic (exact) mass is 270 g/mol. The van der Waals surface area contributed by atoms with E-state index < -0.39 is 11.6 Å². The van der Waals surface area contributed by atoms with Gasteiger partial charge in [0.15, 0.2) is 0 Å². The minimum atomic E-state index is -0.863. The Hall–Kier alpha value is -1.30. The molecule has 2 heterocycles. The highest BCUT2D eigenvalue weighted by atomic mass is 16.4. The van der Waals surface area contributed by atoms with E-state index in [1.54, 1.807) is 16.7 Å². The van der Waals surface area contributed by atoms with Crippen molar-refractivity contribution in [1.82, 2.24) is 9.80 Å². The number of carboxylic acids is 1. The highest BCUT2D eigenvalue weighted by Crippen LogP contribution is 2.25. The average Bonchev–Trinajstić information content (AvgIpc) is 2.69. The first-order valence-corrected chi connectivity index (χ1v) is 6.89. The number of aliphatic hydroxyl groups is 1. The van der Waals surface area contributed by atoms with Crippen LogP contribution in [0, 0.1) is 0 Å². The molecule has 0 saturated carbocycles. The summed E-state index contributed by atoms with van der Waals surface area (Å²) in [6.45, 7) is 3.23. The van der Waals surface area contributed by atoms with Crippen molar-refractivity contribution in [3.63, 3.8) is 0 Å². The lowest BCUT2D eigenvalue weighted by Crippen LogP contribution is -2.51. The smallest absolute Gasteiger partial charge is 0.320 e. The number of likely N-dealkylation sites (tertiary alicyclic amines) is 2. The number of β-amino-alcohol motifs (C(OH)–C–C–N with tert-alkyl or cyclic N) is 1. The van der Waals surface area contributed by atoms with Crippen LogP contribution in [0.4, 0.5) is 4.79 Å². The number of carbonyl (C=O) groups is 2. The molecule has 0 aromatic carbocycles. The predicted molar refractivity (Wildman–Crippen MR) is 68.8 cm³/mol. The molecule has 0 bridgehead atoms. The Morgan fingerprint density at radius 3 is 2.63 bits per heavy atom. The molecular weight excluding hydrogens is 248 g/mol. The Morgan fingerprint density at radius 2 is 2.05 bits per heavy atom. The van der Waals surface area contributed by atoms with Gasteiger partial charge in [-0.1, -0.05) is 0 Å². The van der Waals surface area contributed by atoms with Gasteiger partial charge in [0, 0.05) is 19.1 Å². The molecule has 6 heteroatoms. The zero-order valence-corrected chi connectivity index (χ0v) is 11.3. The lowest BCUT2D eigenvalue weighted by Gasteiger charge is -2.37. The number of aliphatic carboxylic acids is 1. The summed E-state index contributed by atoms with van der Waals surface area (Å²) in [6.07, 6.45) is 3.24. The molecule has 19 heavy (non-hydrogen) atoms. The third kappa shape index (κ3) is 3.37. The van der Waals surface area contributed by atoms with Gasteiger partial charge in [0.25, 0.3) is 0 Å². The van der Waals surface area contributed by atoms with Crippen LogP contribution in [-0.2, 0) is 4.79 Å². The van der Waals surface area contributed by atoms with Crippen LogP contribution >= 0.6 is 0 Å². The molecule has 2 rings (SSSR count). The zero-order valence-electron chi connectivity index (χ0n) is 11.3. The molecule has 2 fully saturated rings. The molecular formula is C13H22N2O4. The first-order chi connectivity index (χ1) is 8.89. The van der Waals surface area contributed by atoms with Gasteiger partial charge in [0.1, 0.15) is 0 Å². The number of nitrogens with zero attached hydrogens (tertiary/aromatic N) is 2. The number of urea groups is 1. The van der Waals surface area contributed by atoms with Crippen LogP contribution in [0.3, 0.4) is 0 Å². The molecule has 2 atom stereocenters. The third-order valence-corrected chi connectivity index (χ3v) is 4.01. The van der Waals surface area contributed by atoms with Crippen molar-refractivity contribution in [2.45, 2.75) is 50.7 Å². The van der Waals surface area contributed by atoms with Gasteiger partial charge in [-0.3, -0.25) is 4.79 Å². The number of carbonyl (C=O) groups excluding carboxylic acids is 1. The number of piperidine rings is 1. The Kier molecular flexibility index (Phi) is 3.99. The topological polar surface area (TPSA) is 81.1 Å². The van der Waals surface area contributed by atoms with E-state index in [1.165, 1.54) is 0 Å². The molecule has 6 nitrogen and oxygen atoms in total. The Morgan fingerprint density at radius 1 is 1.32 bits per heavy atom. The van der Waals surface area contributed by atoms with Crippen LogP contribution < -0.4 is 0 Å². The van der Waals surface area contributed by atoms with Crippen molar-refractivity contribution < 1.29 is 19.8 Å². The summed E-state index contributed by atoms with van der Waals surface area (Å²) in [5.41, 5.74) is -0.812. The van der Waals surface area contributed by atoms with Gasteiger partial charge in [-0.25, -0.2) is 4.79 Å². The number of hydrogen-bond donors (Lipinski definition) is 2. The Labute approximate surface area is 113 Å². The first kappa shape index (κ1) is 14.1. The number of rotatable bonds is 2. The van der Waals surface area contributed by atoms with Gasteiger partial charge in [-0.2, -0.15) is 0 Å². The molecule has 0 radical (unpaired) electrons. The minimum Gasteiger partial charge on any atom is -0.481 e. The summed E-state index contributed by atoms with van der Waals surface area (Å²) < 4.78 is 0. The van der Waals surface area contributed by atoms with Crippen molar-refractivity contribution in [3.8, 4) is 0 Å². The molecule has 0 aromatic rings. The second kappa shape index (κ2) is 5.36. The normalized spacial score (nSPS) is 31.6. The summed E-state index contributed by atoms with van der Waals surface area (Å²) >= 11 is 0. The SMILES string of the molecule is CC1(O)CCN(C(=O)N2CCCCC2CC(=O)O)C1. The number of amides is 2. The van der Waals surface area contributed by atoms with E-state index >= 15 is 0 Å². The summed E-state index contributed by atoms with van der Waals surface area (Å²) in [6, 6.07) is -0.326. The highest BCUT2D eigenvalue weighted by molar-refractivity contribution is 5.76. The lowest BCUT2D eigenvalue weighted by molar-refractivity contribution is -0.138. The van der Waals surface area contributed by atoms with Crippen molar-refractivity contribution in [2.24, 2.45) is 0 Å². The van der Waals surface area contributed by atoms with Crippen LogP contribution in [0.25, 0.3) is 0 Å². The Balaban J connectivity index is 2.01. The van der Waals surface area contributed by atoms with E-state index in [2.05, 4.69) is 0 Å². The predicted octanol–water partition coefficient (Wildman–Crippen LogP) is 0.892. The molecule has 0 spiro atoms. The minimum absolute atomic E-state index is 0.00989. The Bertz CT molecular complexity index is 370. The molecule has 0 aromatic heterocycles. The zero-order chi connectivity index (χ0) is 14.0. The van der Waals surface area contributed by atoms with Crippen LogP contribution in [0.15, 0.2) is 0 Å². The lowest BCUT2D eigenvalue weighted by atomic mass is 10.00. The number of hydrogen-bond acceptors (Lipinski definition) is 3. The van der Waals surface area contributed by atoms with Crippen molar-refractivity contribution in [3.05, 3.63) is 0 Å². The molecule has 2 N–H and O–H groups in total. The average molecular weight is 270 g/mol. The number of carboxylic acid groups (broad SMARTS) is 1. The molecule has 108 valence electrons. The van der Waals surface area contributed by atoms with Crippen LogP contribution in [0.5, 0.6) is 0 Å². The largest absolute Gasteiger partial charge is 0.481 e. The molecule has 2 amide bonds. The van der Waals surface area contributed by atoms with Gasteiger partial charge in [-0.05, 0) is 32.6 Å². The van der Waals surface area contributed by atoms with Gasteiger partial charge < -0.3 is 20.0 Å². The van der Waals surface area contributed by atoms with Crippen LogP contribution in [0.2, 0.25) is 0 Å². The second-order valence-electron chi connectivity index (χ2n) is 5.89. The fourth-order valence-corrected chi connectivity index (χ4v) is 2.96. The fourth-order valence-electron chi connectivity index (χ4n) is 2.96. The van der Waals surface area contributed by atoms with Gasteiger partial charge >= 0.3 is 12.0 Å². The summed E-state index contributed by atoms with van der Waals surface area (Å²) in [5, 5.41) is 18.8. The standard InChI is InChI=1S/C13H22N2O4/c1-13(19)5-7-14(9-13)12(18)15-6-3-2-4-10(15)8-11(16)17/h10,19H,2-9H2,1H3,(H,16,17). The van der Waals surface area contributed by atoms with Crippen molar-refractivity contribution >= 4 is 12.0 Å². The van der Waals surface area contributed by atoms with Crippen molar-refractivity contribution in [1.29, 1.82) is 0 Å². The molecule has 2 aliphatic heterocycles. The van der Waals surface area contributed by atoms with E-state index in [1.807, 2.05) is 0 Å². The van der Waals surface area contributed by atoms with Gasteiger partial charge in [0.05, 0.1) is 18.6 Å². The maximum Gasteiger partial charge on any atom is 0.320 e. The quantitative estimate of drug-likeness (QED) is 0.781. The summed E-state index contributed by atoms with van der Waals surface area (Å²) in [7, 11) is 0. The molecule has 0 aliphatic carbocycles. The molecule has 2 saturated heterocycles. The van der Waals surface area contributed by atoms with Crippen molar-refractivity contribution in [2.75, 3.05) is 19.6 Å². The van der Waals surface area contributed by atoms with E-state index in [0.717, 1.165) is 19.3 Å². The highest BCUT2D eigenvalue weighted by Gasteiger charge is 2.38. The van der Waals surface area contributed by atoms with E-state index in [-0.39, 0.29) is 18.5 Å². The second-order valence-corrected chi connectivity index (χ2v) is 5.89. The molecule has 2 unspecified atom stereocenters. The van der Waals surface area contributed by atoms with E-state index in [4.69, 9.17) is 5.11 Å². The maximum absolute atomic E-state index is 12.4. The summed E-state index contributed by atoms with van der Waals surface area (Å²) in [5.74, 6) is -0.863. The molecule has 2 aliphatic rings. The van der Waals surface area contributed by atoms with E-state index in [0.29, 0.717) is 26.1 Å². The van der Waals surface area contributed by atoms with Crippen LogP contribution in [-0.4, -0.2) is 63.3 Å². The summed E-state index contributed by atoms with van der Waals surface area (Å²) in [4.78, 5) is 26.6. The van der Waals surface area contributed by atoms with E-state index in [9.17, 15) is 14.7 Å². The third-order valence-electron chi connectivity index (χ3n) is 4.01. The fraction of sp³-hybridized carbons (Fsp3) is 0.846. The first-order valence-electron chi connectivity index (χ1n) is 6.89. The maximum atomic E-state index is 12.4. The van der Waals surface area contributed by atoms with Gasteiger partial charge in [0.2, 0.25) is 0 Å². The van der Waals surface area contributed by atoms with Gasteiger partial charge in [-0.15, -0.1) is 0 Å².